The lowest BCUT2D eigenvalue weighted by molar-refractivity contribution is -0.143. The zero-order valence-electron chi connectivity index (χ0n) is 7.84. The van der Waals surface area contributed by atoms with Crippen molar-refractivity contribution in [3.63, 3.8) is 0 Å². The highest BCUT2D eigenvalue weighted by Gasteiger charge is 2.28. The van der Waals surface area contributed by atoms with Crippen LogP contribution in [0.5, 0.6) is 0 Å². The predicted molar refractivity (Wildman–Crippen MR) is 48.3 cm³/mol. The summed E-state index contributed by atoms with van der Waals surface area (Å²) in [6.45, 7) is 3.69. The molecule has 0 heterocycles. The first-order chi connectivity index (χ1) is 6.66. The molecule has 0 saturated carbocycles. The first-order valence-electron chi connectivity index (χ1n) is 3.68. The Morgan fingerprint density at radius 2 is 1.93 bits per heavy atom. The predicted octanol–water partition coefficient (Wildman–Crippen LogP) is -1.12. The normalized spacial score (nSPS) is 13.0. The summed E-state index contributed by atoms with van der Waals surface area (Å²) in [4.78, 5) is 21.4. The van der Waals surface area contributed by atoms with E-state index in [9.17, 15) is 18.0 Å². The first-order valence-corrected chi connectivity index (χ1v) is 5.12. The van der Waals surface area contributed by atoms with Crippen molar-refractivity contribution in [2.45, 2.75) is 13.0 Å². The third kappa shape index (κ3) is 4.68. The topological polar surface area (TPSA) is 118 Å². The molecule has 0 bridgehead atoms. The van der Waals surface area contributed by atoms with Crippen LogP contribution in [-0.4, -0.2) is 41.9 Å². The van der Waals surface area contributed by atoms with Gasteiger partial charge in [0.05, 0.1) is 0 Å². The van der Waals surface area contributed by atoms with Crippen molar-refractivity contribution in [3.8, 4) is 0 Å². The van der Waals surface area contributed by atoms with Gasteiger partial charge in [-0.3, -0.25) is 9.35 Å². The van der Waals surface area contributed by atoms with Gasteiger partial charge in [-0.2, -0.15) is 8.42 Å². The van der Waals surface area contributed by atoms with Crippen LogP contribution in [0.25, 0.3) is 0 Å². The first kappa shape index (κ1) is 13.8. The highest BCUT2D eigenvalue weighted by atomic mass is 32.2. The molecule has 0 aromatic rings. The maximum Gasteiger partial charge on any atom is 0.333 e. The summed E-state index contributed by atoms with van der Waals surface area (Å²) in [5, 5.41) is 7.07. The van der Waals surface area contributed by atoms with Crippen molar-refractivity contribution in [3.05, 3.63) is 12.2 Å². The largest absolute Gasteiger partial charge is 0.459 e. The molecule has 0 saturated heterocycles. The molecule has 8 heteroatoms. The second-order valence-corrected chi connectivity index (χ2v) is 4.04. The van der Waals surface area contributed by atoms with E-state index in [1.165, 1.54) is 6.92 Å². The van der Waals surface area contributed by atoms with Gasteiger partial charge in [0.2, 0.25) is 0 Å². The fourth-order valence-corrected chi connectivity index (χ4v) is 0.930. The van der Waals surface area contributed by atoms with Crippen LogP contribution >= 0.6 is 0 Å². The van der Waals surface area contributed by atoms with Gasteiger partial charge in [0.1, 0.15) is 6.61 Å². The van der Waals surface area contributed by atoms with E-state index in [4.69, 9.17) is 9.66 Å². The van der Waals surface area contributed by atoms with Gasteiger partial charge in [0, 0.05) is 5.57 Å². The maximum absolute atomic E-state index is 10.8. The average Bonchev–Trinajstić information content (AvgIpc) is 2.10. The molecule has 0 aromatic heterocycles. The molecule has 1 atom stereocenters. The molecular weight excluding hydrogens is 228 g/mol. The van der Waals surface area contributed by atoms with E-state index in [0.29, 0.717) is 0 Å². The molecule has 7 nitrogen and oxygen atoms in total. The van der Waals surface area contributed by atoms with Gasteiger partial charge < -0.3 is 9.84 Å². The number of carbonyl (C=O) groups is 2. The summed E-state index contributed by atoms with van der Waals surface area (Å²) in [7, 11) is -4.97. The molecule has 0 rings (SSSR count). The monoisotopic (exact) mass is 238 g/mol. The van der Waals surface area contributed by atoms with Gasteiger partial charge in [-0.25, -0.2) is 4.79 Å². The Balaban J connectivity index is 4.29. The number of rotatable bonds is 4. The van der Waals surface area contributed by atoms with Crippen LogP contribution in [0.2, 0.25) is 0 Å². The van der Waals surface area contributed by atoms with Crippen LogP contribution in [0.4, 0.5) is 0 Å². The van der Waals surface area contributed by atoms with E-state index in [-0.39, 0.29) is 5.57 Å². The number of hydrogen-bond acceptors (Lipinski definition) is 6. The minimum Gasteiger partial charge on any atom is -0.459 e. The van der Waals surface area contributed by atoms with Crippen molar-refractivity contribution in [2.75, 3.05) is 6.61 Å². The molecule has 1 unspecified atom stereocenters. The maximum atomic E-state index is 10.8. The summed E-state index contributed by atoms with van der Waals surface area (Å²) < 4.78 is 33.0. The molecule has 0 spiro atoms. The lowest BCUT2D eigenvalue weighted by Crippen LogP contribution is -2.32. The summed E-state index contributed by atoms with van der Waals surface area (Å²) in [5.41, 5.74) is 0.0292. The van der Waals surface area contributed by atoms with Crippen molar-refractivity contribution in [1.29, 1.82) is 0 Å². The number of hydrogen-bond donors (Lipinski definition) is 2. The summed E-state index contributed by atoms with van der Waals surface area (Å²) in [6.07, 6.45) is -2.11. The van der Waals surface area contributed by atoms with Crippen LogP contribution in [-0.2, 0) is 24.4 Å². The average molecular weight is 238 g/mol. The van der Waals surface area contributed by atoms with E-state index in [1.54, 1.807) is 0 Å². The molecular formula is C7H10O7S. The quantitative estimate of drug-likeness (QED) is 0.362. The lowest BCUT2D eigenvalue weighted by Gasteiger charge is -2.08. The molecule has 0 aromatic carbocycles. The summed E-state index contributed by atoms with van der Waals surface area (Å²) >= 11 is 0. The van der Waals surface area contributed by atoms with Crippen LogP contribution in [0.3, 0.4) is 0 Å². The zero-order valence-corrected chi connectivity index (χ0v) is 8.65. The van der Waals surface area contributed by atoms with Crippen molar-refractivity contribution >= 4 is 21.2 Å². The van der Waals surface area contributed by atoms with Crippen LogP contribution in [0, 0.1) is 0 Å². The Morgan fingerprint density at radius 1 is 1.47 bits per heavy atom. The SMILES string of the molecule is C=C(C)C(=O)OCC(O)C(=O)S(=O)(=O)O. The van der Waals surface area contributed by atoms with Gasteiger partial charge >= 0.3 is 21.2 Å². The molecule has 0 amide bonds. The van der Waals surface area contributed by atoms with Gasteiger partial charge in [0.15, 0.2) is 6.10 Å². The molecule has 15 heavy (non-hydrogen) atoms. The Morgan fingerprint density at radius 3 is 2.27 bits per heavy atom. The Hall–Kier alpha value is -1.25. The summed E-state index contributed by atoms with van der Waals surface area (Å²) in [6, 6.07) is 0. The molecule has 0 radical (unpaired) electrons. The van der Waals surface area contributed by atoms with E-state index in [0.717, 1.165) is 0 Å². The number of carbonyl (C=O) groups excluding carboxylic acids is 2. The Labute approximate surface area is 86.1 Å². The zero-order chi connectivity index (χ0) is 12.2. The Kier molecular flexibility index (Phi) is 4.59. The molecule has 86 valence electrons. The molecule has 2 N–H and O–H groups in total. The van der Waals surface area contributed by atoms with Crippen molar-refractivity contribution < 1.29 is 32.4 Å². The third-order valence-electron chi connectivity index (χ3n) is 1.25. The van der Waals surface area contributed by atoms with E-state index in [2.05, 4.69) is 11.3 Å². The second-order valence-electron chi connectivity index (χ2n) is 2.69. The highest BCUT2D eigenvalue weighted by Crippen LogP contribution is 1.98. The fraction of sp³-hybridized carbons (Fsp3) is 0.429. The molecule has 0 fully saturated rings. The van der Waals surface area contributed by atoms with Crippen LogP contribution < -0.4 is 0 Å². The smallest absolute Gasteiger partial charge is 0.333 e. The van der Waals surface area contributed by atoms with Gasteiger partial charge in [-0.1, -0.05) is 6.58 Å². The van der Waals surface area contributed by atoms with E-state index < -0.39 is 33.9 Å². The van der Waals surface area contributed by atoms with Crippen LogP contribution in [0.15, 0.2) is 12.2 Å². The number of aliphatic hydroxyl groups is 1. The lowest BCUT2D eigenvalue weighted by atomic mass is 10.3. The van der Waals surface area contributed by atoms with Gasteiger partial charge in [-0.15, -0.1) is 0 Å². The highest BCUT2D eigenvalue weighted by molar-refractivity contribution is 8.01. The standard InChI is InChI=1S/C7H10O7S/c1-4(2)6(9)14-3-5(8)7(10)15(11,12)13/h5,8H,1,3H2,2H3,(H,11,12,13). The minimum atomic E-state index is -4.97. The molecule has 0 aliphatic heterocycles. The molecule has 0 aliphatic rings. The molecule has 0 aliphatic carbocycles. The fourth-order valence-electron chi connectivity index (χ4n) is 0.518. The van der Waals surface area contributed by atoms with Gasteiger partial charge in [0.25, 0.3) is 0 Å². The van der Waals surface area contributed by atoms with Crippen molar-refractivity contribution in [1.82, 2.24) is 0 Å². The van der Waals surface area contributed by atoms with Gasteiger partial charge in [-0.05, 0) is 6.92 Å². The summed E-state index contributed by atoms with van der Waals surface area (Å²) in [5.74, 6) is -0.878. The minimum absolute atomic E-state index is 0.0292. The van der Waals surface area contributed by atoms with E-state index in [1.807, 2.05) is 0 Å². The Bertz CT molecular complexity index is 380. The number of esters is 1. The third-order valence-corrected chi connectivity index (χ3v) is 2.03. The number of ether oxygens (including phenoxy) is 1. The second kappa shape index (κ2) is 5.01. The van der Waals surface area contributed by atoms with E-state index >= 15 is 0 Å². The van der Waals surface area contributed by atoms with Crippen molar-refractivity contribution in [2.24, 2.45) is 0 Å². The number of aliphatic hydroxyl groups excluding tert-OH is 1. The van der Waals surface area contributed by atoms with Crippen LogP contribution in [0.1, 0.15) is 6.92 Å².